The molecule has 3 nitrogen and oxygen atoms in total. The maximum Gasteiger partial charge on any atom is 0.222 e. The molecule has 66 valence electrons. The van der Waals surface area contributed by atoms with Gasteiger partial charge in [0.15, 0.2) is 0 Å². The summed E-state index contributed by atoms with van der Waals surface area (Å²) in [5, 5.41) is 3.16. The summed E-state index contributed by atoms with van der Waals surface area (Å²) in [5.74, 6) is 0.211. The van der Waals surface area contributed by atoms with Gasteiger partial charge in [0.2, 0.25) is 5.91 Å². The van der Waals surface area contributed by atoms with Crippen LogP contribution >= 0.6 is 0 Å². The van der Waals surface area contributed by atoms with Crippen molar-refractivity contribution in [1.29, 1.82) is 0 Å². The average molecular weight is 158 g/mol. The van der Waals surface area contributed by atoms with Crippen LogP contribution in [0.2, 0.25) is 0 Å². The second kappa shape index (κ2) is 6.16. The van der Waals surface area contributed by atoms with Gasteiger partial charge in [0, 0.05) is 26.6 Å². The summed E-state index contributed by atoms with van der Waals surface area (Å²) in [5.41, 5.74) is 0. The molecule has 0 spiro atoms. The second-order valence-corrected chi connectivity index (χ2v) is 2.52. The molecule has 0 saturated heterocycles. The van der Waals surface area contributed by atoms with Gasteiger partial charge in [-0.25, -0.2) is 0 Å². The molecule has 0 bridgehead atoms. The first-order valence-electron chi connectivity index (χ1n) is 4.17. The predicted molar refractivity (Wildman–Crippen MR) is 46.5 cm³/mol. The summed E-state index contributed by atoms with van der Waals surface area (Å²) in [7, 11) is 1.84. The van der Waals surface area contributed by atoms with Gasteiger partial charge in [-0.15, -0.1) is 0 Å². The highest BCUT2D eigenvalue weighted by Crippen LogP contribution is 1.87. The summed E-state index contributed by atoms with van der Waals surface area (Å²) in [6.45, 7) is 6.60. The molecular weight excluding hydrogens is 140 g/mol. The number of carbonyl (C=O) groups is 1. The summed E-state index contributed by atoms with van der Waals surface area (Å²) < 4.78 is 0. The zero-order valence-electron chi connectivity index (χ0n) is 7.68. The molecule has 0 radical (unpaired) electrons. The lowest BCUT2D eigenvalue weighted by atomic mass is 10.4. The molecule has 1 amide bonds. The first kappa shape index (κ1) is 10.4. The number of hydrogen-bond donors (Lipinski definition) is 1. The smallest absolute Gasteiger partial charge is 0.222 e. The van der Waals surface area contributed by atoms with Crippen molar-refractivity contribution < 1.29 is 4.79 Å². The largest absolute Gasteiger partial charge is 0.344 e. The van der Waals surface area contributed by atoms with E-state index in [0.29, 0.717) is 6.42 Å². The average Bonchev–Trinajstić information content (AvgIpc) is 2.03. The van der Waals surface area contributed by atoms with Gasteiger partial charge in [0.1, 0.15) is 0 Å². The lowest BCUT2D eigenvalue weighted by Gasteiger charge is -2.15. The Balaban J connectivity index is 3.36. The van der Waals surface area contributed by atoms with Crippen molar-refractivity contribution in [3.05, 3.63) is 0 Å². The molecule has 0 atom stereocenters. The van der Waals surface area contributed by atoms with Crippen LogP contribution in [-0.2, 0) is 4.79 Å². The Hall–Kier alpha value is -0.570. The van der Waals surface area contributed by atoms with Crippen LogP contribution < -0.4 is 5.32 Å². The maximum absolute atomic E-state index is 11.0. The lowest BCUT2D eigenvalue weighted by molar-refractivity contribution is -0.129. The molecule has 0 saturated carbocycles. The van der Waals surface area contributed by atoms with Crippen LogP contribution in [0.4, 0.5) is 0 Å². The number of carbonyl (C=O) groups excluding carboxylic acids is 1. The molecule has 0 aromatic rings. The van der Waals surface area contributed by atoms with E-state index in [1.165, 1.54) is 0 Å². The minimum Gasteiger partial charge on any atom is -0.344 e. The normalized spacial score (nSPS) is 9.73. The minimum absolute atomic E-state index is 0.211. The molecule has 11 heavy (non-hydrogen) atoms. The van der Waals surface area contributed by atoms with Gasteiger partial charge in [-0.1, -0.05) is 13.8 Å². The van der Waals surface area contributed by atoms with Gasteiger partial charge in [-0.2, -0.15) is 0 Å². The highest BCUT2D eigenvalue weighted by Gasteiger charge is 2.03. The van der Waals surface area contributed by atoms with Gasteiger partial charge >= 0.3 is 0 Å². The van der Waals surface area contributed by atoms with Crippen molar-refractivity contribution in [2.24, 2.45) is 0 Å². The number of hydrogen-bond acceptors (Lipinski definition) is 2. The summed E-state index contributed by atoms with van der Waals surface area (Å²) >= 11 is 0. The quantitative estimate of drug-likeness (QED) is 0.590. The fourth-order valence-electron chi connectivity index (χ4n) is 0.818. The monoisotopic (exact) mass is 158 g/mol. The van der Waals surface area contributed by atoms with Gasteiger partial charge < -0.3 is 10.2 Å². The van der Waals surface area contributed by atoms with E-state index in [1.54, 1.807) is 4.90 Å². The van der Waals surface area contributed by atoms with E-state index in [-0.39, 0.29) is 5.91 Å². The van der Waals surface area contributed by atoms with Crippen molar-refractivity contribution in [1.82, 2.24) is 10.2 Å². The van der Waals surface area contributed by atoms with Crippen LogP contribution in [-0.4, -0.2) is 37.5 Å². The van der Waals surface area contributed by atoms with Crippen LogP contribution in [0.1, 0.15) is 20.3 Å². The third kappa shape index (κ3) is 4.79. The van der Waals surface area contributed by atoms with E-state index in [2.05, 4.69) is 12.2 Å². The van der Waals surface area contributed by atoms with Crippen LogP contribution in [0.15, 0.2) is 0 Å². The molecule has 0 aromatic carbocycles. The Morgan fingerprint density at radius 2 is 2.09 bits per heavy atom. The molecule has 0 aliphatic carbocycles. The van der Waals surface area contributed by atoms with Crippen molar-refractivity contribution in [3.8, 4) is 0 Å². The molecule has 0 aliphatic rings. The predicted octanol–water partition coefficient (Wildman–Crippen LogP) is 0.464. The van der Waals surface area contributed by atoms with Crippen molar-refractivity contribution in [2.45, 2.75) is 20.3 Å². The Kier molecular flexibility index (Phi) is 5.84. The first-order chi connectivity index (χ1) is 5.22. The highest BCUT2D eigenvalue weighted by molar-refractivity contribution is 5.75. The second-order valence-electron chi connectivity index (χ2n) is 2.52. The van der Waals surface area contributed by atoms with Crippen molar-refractivity contribution >= 4 is 5.91 Å². The Morgan fingerprint density at radius 3 is 2.55 bits per heavy atom. The lowest BCUT2D eigenvalue weighted by Crippen LogP contribution is -2.33. The van der Waals surface area contributed by atoms with Gasteiger partial charge in [0.05, 0.1) is 0 Å². The first-order valence-corrected chi connectivity index (χ1v) is 4.17. The standard InChI is InChI=1S/C8H18N2O/c1-4-8(11)10(3)7-6-9-5-2/h9H,4-7H2,1-3H3. The van der Waals surface area contributed by atoms with Gasteiger partial charge in [-0.3, -0.25) is 4.79 Å². The van der Waals surface area contributed by atoms with E-state index in [4.69, 9.17) is 0 Å². The van der Waals surface area contributed by atoms with E-state index >= 15 is 0 Å². The van der Waals surface area contributed by atoms with Crippen molar-refractivity contribution in [3.63, 3.8) is 0 Å². The van der Waals surface area contributed by atoms with E-state index in [1.807, 2.05) is 14.0 Å². The zero-order chi connectivity index (χ0) is 8.69. The summed E-state index contributed by atoms with van der Waals surface area (Å²) in [6, 6.07) is 0. The van der Waals surface area contributed by atoms with Crippen LogP contribution in [0.3, 0.4) is 0 Å². The SMILES string of the molecule is CCNCCN(C)C(=O)CC. The topological polar surface area (TPSA) is 32.3 Å². The molecule has 0 unspecified atom stereocenters. The van der Waals surface area contributed by atoms with Crippen LogP contribution in [0.25, 0.3) is 0 Å². The molecule has 3 heteroatoms. The minimum atomic E-state index is 0.211. The number of amides is 1. The zero-order valence-corrected chi connectivity index (χ0v) is 7.68. The number of rotatable bonds is 5. The molecule has 0 fully saturated rings. The highest BCUT2D eigenvalue weighted by atomic mass is 16.2. The van der Waals surface area contributed by atoms with E-state index < -0.39 is 0 Å². The third-order valence-corrected chi connectivity index (χ3v) is 1.60. The van der Waals surface area contributed by atoms with E-state index in [9.17, 15) is 4.79 Å². The van der Waals surface area contributed by atoms with Gasteiger partial charge in [-0.05, 0) is 6.54 Å². The Labute approximate surface area is 68.8 Å². The fraction of sp³-hybridized carbons (Fsp3) is 0.875. The number of nitrogens with zero attached hydrogens (tertiary/aromatic N) is 1. The molecule has 0 heterocycles. The van der Waals surface area contributed by atoms with E-state index in [0.717, 1.165) is 19.6 Å². The van der Waals surface area contributed by atoms with Gasteiger partial charge in [0.25, 0.3) is 0 Å². The van der Waals surface area contributed by atoms with Crippen molar-refractivity contribution in [2.75, 3.05) is 26.7 Å². The Bertz CT molecular complexity index is 115. The molecule has 0 rings (SSSR count). The summed E-state index contributed by atoms with van der Waals surface area (Å²) in [4.78, 5) is 12.8. The number of nitrogens with one attached hydrogen (secondary N) is 1. The third-order valence-electron chi connectivity index (χ3n) is 1.60. The molecule has 0 aromatic heterocycles. The Morgan fingerprint density at radius 1 is 1.45 bits per heavy atom. The molecular formula is C8H18N2O. The van der Waals surface area contributed by atoms with Crippen LogP contribution in [0.5, 0.6) is 0 Å². The van der Waals surface area contributed by atoms with Crippen LogP contribution in [0, 0.1) is 0 Å². The molecule has 0 aliphatic heterocycles. The number of likely N-dealkylation sites (N-methyl/N-ethyl adjacent to an activating group) is 2. The fourth-order valence-corrected chi connectivity index (χ4v) is 0.818. The molecule has 1 N–H and O–H groups in total. The summed E-state index contributed by atoms with van der Waals surface area (Å²) in [6.07, 6.45) is 0.600. The maximum atomic E-state index is 11.0.